The van der Waals surface area contributed by atoms with Gasteiger partial charge in [0.05, 0.1) is 5.92 Å². The van der Waals surface area contributed by atoms with Gasteiger partial charge in [0.2, 0.25) is 0 Å². The molecule has 0 bridgehead atoms. The zero-order valence-corrected chi connectivity index (χ0v) is 13.5. The van der Waals surface area contributed by atoms with Crippen molar-refractivity contribution in [3.05, 3.63) is 35.1 Å². The summed E-state index contributed by atoms with van der Waals surface area (Å²) >= 11 is 0. The highest BCUT2D eigenvalue weighted by atomic mass is 19.1. The van der Waals surface area contributed by atoms with E-state index in [0.717, 1.165) is 43.5 Å². The molecule has 1 aliphatic carbocycles. The standard InChI is InChI=1S/C18H24FNO2/c1-17(2,3)22-16(21)15-14-5-4-13(19)10-12(14)11-18(15)6-8-20-9-7-18/h4-5,10,15,20H,6-9,11H2,1-3H3/t15-/m0/s1. The fraction of sp³-hybridized carbons (Fsp3) is 0.611. The number of carbonyl (C=O) groups excluding carboxylic acids is 1. The molecule has 2 aliphatic rings. The highest BCUT2D eigenvalue weighted by Crippen LogP contribution is 2.53. The summed E-state index contributed by atoms with van der Waals surface area (Å²) in [4.78, 5) is 12.8. The van der Waals surface area contributed by atoms with Crippen LogP contribution in [0.3, 0.4) is 0 Å². The largest absolute Gasteiger partial charge is 0.459 e. The minimum atomic E-state index is -0.506. The molecule has 1 aromatic rings. The van der Waals surface area contributed by atoms with Gasteiger partial charge in [-0.2, -0.15) is 0 Å². The van der Waals surface area contributed by atoms with Crippen molar-refractivity contribution in [3.63, 3.8) is 0 Å². The van der Waals surface area contributed by atoms with E-state index in [0.29, 0.717) is 0 Å². The van der Waals surface area contributed by atoms with E-state index in [1.807, 2.05) is 20.8 Å². The first-order chi connectivity index (χ1) is 10.3. The Hall–Kier alpha value is -1.42. The molecule has 1 heterocycles. The quantitative estimate of drug-likeness (QED) is 0.810. The molecular formula is C18H24FNO2. The van der Waals surface area contributed by atoms with Crippen molar-refractivity contribution in [1.82, 2.24) is 5.32 Å². The molecular weight excluding hydrogens is 281 g/mol. The molecule has 1 fully saturated rings. The van der Waals surface area contributed by atoms with Crippen molar-refractivity contribution in [2.45, 2.75) is 51.6 Å². The third kappa shape index (κ3) is 2.76. The van der Waals surface area contributed by atoms with Gasteiger partial charge in [0.15, 0.2) is 0 Å². The Morgan fingerprint density at radius 1 is 1.32 bits per heavy atom. The van der Waals surface area contributed by atoms with Gasteiger partial charge in [0, 0.05) is 0 Å². The van der Waals surface area contributed by atoms with Crippen LogP contribution in [0.1, 0.15) is 50.7 Å². The van der Waals surface area contributed by atoms with Gasteiger partial charge in [0.1, 0.15) is 11.4 Å². The van der Waals surface area contributed by atoms with Gasteiger partial charge in [-0.1, -0.05) is 6.07 Å². The number of nitrogens with one attached hydrogen (secondary N) is 1. The monoisotopic (exact) mass is 305 g/mol. The molecule has 4 heteroatoms. The van der Waals surface area contributed by atoms with Gasteiger partial charge in [0.25, 0.3) is 0 Å². The van der Waals surface area contributed by atoms with Gasteiger partial charge in [-0.05, 0) is 81.8 Å². The lowest BCUT2D eigenvalue weighted by Crippen LogP contribution is -2.43. The Kier molecular flexibility index (Phi) is 3.76. The normalized spacial score (nSPS) is 23.4. The van der Waals surface area contributed by atoms with Crippen molar-refractivity contribution in [1.29, 1.82) is 0 Å². The second-order valence-corrected chi connectivity index (χ2v) is 7.60. The van der Waals surface area contributed by atoms with Gasteiger partial charge in [-0.15, -0.1) is 0 Å². The van der Waals surface area contributed by atoms with Crippen molar-refractivity contribution in [2.75, 3.05) is 13.1 Å². The molecule has 0 aromatic heterocycles. The zero-order chi connectivity index (χ0) is 16.0. The van der Waals surface area contributed by atoms with E-state index < -0.39 is 5.60 Å². The molecule has 1 aliphatic heterocycles. The number of halogens is 1. The molecule has 0 unspecified atom stereocenters. The van der Waals surface area contributed by atoms with Crippen LogP contribution >= 0.6 is 0 Å². The minimum Gasteiger partial charge on any atom is -0.459 e. The first-order valence-corrected chi connectivity index (χ1v) is 8.03. The Labute approximate surface area is 131 Å². The van der Waals surface area contributed by atoms with Crippen LogP contribution in [0.15, 0.2) is 18.2 Å². The fourth-order valence-corrected chi connectivity index (χ4v) is 3.95. The predicted molar refractivity (Wildman–Crippen MR) is 83.2 cm³/mol. The van der Waals surface area contributed by atoms with E-state index in [2.05, 4.69) is 5.32 Å². The molecule has 22 heavy (non-hydrogen) atoms. The van der Waals surface area contributed by atoms with Crippen LogP contribution in [-0.4, -0.2) is 24.7 Å². The summed E-state index contributed by atoms with van der Waals surface area (Å²) in [6.07, 6.45) is 2.62. The molecule has 0 saturated carbocycles. The molecule has 120 valence electrons. The number of fused-ring (bicyclic) bond motifs is 1. The number of piperidine rings is 1. The van der Waals surface area contributed by atoms with Crippen molar-refractivity contribution >= 4 is 5.97 Å². The summed E-state index contributed by atoms with van der Waals surface area (Å²) in [7, 11) is 0. The van der Waals surface area contributed by atoms with Gasteiger partial charge in [-0.3, -0.25) is 4.79 Å². The number of hydrogen-bond acceptors (Lipinski definition) is 3. The summed E-state index contributed by atoms with van der Waals surface area (Å²) in [5.74, 6) is -0.670. The van der Waals surface area contributed by atoms with E-state index >= 15 is 0 Å². The third-order valence-corrected chi connectivity index (χ3v) is 4.81. The van der Waals surface area contributed by atoms with Crippen molar-refractivity contribution in [2.24, 2.45) is 5.41 Å². The van der Waals surface area contributed by atoms with Crippen LogP contribution in [0.2, 0.25) is 0 Å². The van der Waals surface area contributed by atoms with Crippen LogP contribution in [0.4, 0.5) is 4.39 Å². The second-order valence-electron chi connectivity index (χ2n) is 7.60. The van der Waals surface area contributed by atoms with Crippen LogP contribution in [-0.2, 0) is 16.0 Å². The maximum absolute atomic E-state index is 13.6. The molecule has 1 spiro atoms. The Bertz CT molecular complexity index is 585. The molecule has 3 rings (SSSR count). The Morgan fingerprint density at radius 3 is 2.64 bits per heavy atom. The topological polar surface area (TPSA) is 38.3 Å². The molecule has 0 radical (unpaired) electrons. The fourth-order valence-electron chi connectivity index (χ4n) is 3.95. The molecule has 1 aromatic carbocycles. The second kappa shape index (κ2) is 5.34. The molecule has 0 amide bonds. The summed E-state index contributed by atoms with van der Waals surface area (Å²) in [6, 6.07) is 4.82. The van der Waals surface area contributed by atoms with Crippen LogP contribution < -0.4 is 5.32 Å². The first-order valence-electron chi connectivity index (χ1n) is 8.03. The lowest BCUT2D eigenvalue weighted by atomic mass is 9.69. The third-order valence-electron chi connectivity index (χ3n) is 4.81. The first kappa shape index (κ1) is 15.5. The van der Waals surface area contributed by atoms with Crippen molar-refractivity contribution in [3.8, 4) is 0 Å². The number of benzene rings is 1. The smallest absolute Gasteiger partial charge is 0.314 e. The average Bonchev–Trinajstić information content (AvgIpc) is 2.69. The number of hydrogen-bond donors (Lipinski definition) is 1. The van der Waals surface area contributed by atoms with Gasteiger partial charge >= 0.3 is 5.97 Å². The average molecular weight is 305 g/mol. The number of ether oxygens (including phenoxy) is 1. The summed E-state index contributed by atoms with van der Waals surface area (Å²) in [5, 5.41) is 3.36. The van der Waals surface area contributed by atoms with E-state index in [4.69, 9.17) is 4.74 Å². The SMILES string of the molecule is CC(C)(C)OC(=O)[C@@H]1c2ccc(F)cc2CC12CCNCC2. The Morgan fingerprint density at radius 2 is 2.00 bits per heavy atom. The zero-order valence-electron chi connectivity index (χ0n) is 13.5. The lowest BCUT2D eigenvalue weighted by Gasteiger charge is -2.39. The summed E-state index contributed by atoms with van der Waals surface area (Å²) in [5.41, 5.74) is 1.30. The maximum Gasteiger partial charge on any atom is 0.314 e. The van der Waals surface area contributed by atoms with Gasteiger partial charge in [-0.25, -0.2) is 4.39 Å². The Balaban J connectivity index is 2.00. The van der Waals surface area contributed by atoms with E-state index in [1.54, 1.807) is 12.1 Å². The number of carbonyl (C=O) groups is 1. The highest BCUT2D eigenvalue weighted by molar-refractivity contribution is 5.81. The van der Waals surface area contributed by atoms with E-state index in [-0.39, 0.29) is 23.1 Å². The predicted octanol–water partition coefficient (Wildman–Crippen LogP) is 3.18. The number of rotatable bonds is 1. The minimum absolute atomic E-state index is 0.121. The molecule has 1 atom stereocenters. The molecule has 3 nitrogen and oxygen atoms in total. The van der Waals surface area contributed by atoms with E-state index in [1.165, 1.54) is 6.07 Å². The molecule has 1 saturated heterocycles. The maximum atomic E-state index is 13.6. The number of esters is 1. The molecule has 1 N–H and O–H groups in total. The lowest BCUT2D eigenvalue weighted by molar-refractivity contribution is -0.160. The summed E-state index contributed by atoms with van der Waals surface area (Å²) < 4.78 is 19.3. The van der Waals surface area contributed by atoms with Gasteiger partial charge < -0.3 is 10.1 Å². The highest BCUT2D eigenvalue weighted by Gasteiger charge is 2.51. The van der Waals surface area contributed by atoms with Crippen LogP contribution in [0.5, 0.6) is 0 Å². The van der Waals surface area contributed by atoms with Crippen LogP contribution in [0.25, 0.3) is 0 Å². The summed E-state index contributed by atoms with van der Waals surface area (Å²) in [6.45, 7) is 7.47. The van der Waals surface area contributed by atoms with Crippen LogP contribution in [0, 0.1) is 11.2 Å². The van der Waals surface area contributed by atoms with E-state index in [9.17, 15) is 9.18 Å². The van der Waals surface area contributed by atoms with Crippen molar-refractivity contribution < 1.29 is 13.9 Å².